The molecular weight excluding hydrogens is 346 g/mol. The highest BCUT2D eigenvalue weighted by molar-refractivity contribution is 5.89. The van der Waals surface area contributed by atoms with Crippen LogP contribution in [0.5, 0.6) is 5.75 Å². The highest BCUT2D eigenvalue weighted by Gasteiger charge is 2.43. The topological polar surface area (TPSA) is 84.8 Å². The number of anilines is 1. The van der Waals surface area contributed by atoms with Gasteiger partial charge in [-0.2, -0.15) is 0 Å². The maximum absolute atomic E-state index is 11.7. The van der Waals surface area contributed by atoms with E-state index in [2.05, 4.69) is 14.9 Å². The van der Waals surface area contributed by atoms with E-state index in [4.69, 9.17) is 9.47 Å². The molecule has 2 aliphatic rings. The Morgan fingerprint density at radius 2 is 2.04 bits per heavy atom. The molecule has 2 fully saturated rings. The Morgan fingerprint density at radius 1 is 1.22 bits per heavy atom. The van der Waals surface area contributed by atoms with Crippen molar-refractivity contribution in [3.63, 3.8) is 0 Å². The number of rotatable bonds is 4. The Bertz CT molecular complexity index is 801. The minimum Gasteiger partial charge on any atom is -0.488 e. The summed E-state index contributed by atoms with van der Waals surface area (Å²) in [4.78, 5) is 22.5. The summed E-state index contributed by atoms with van der Waals surface area (Å²) < 4.78 is 10.8. The van der Waals surface area contributed by atoms with Gasteiger partial charge in [0, 0.05) is 25.5 Å². The molecule has 1 aliphatic heterocycles. The van der Waals surface area contributed by atoms with Gasteiger partial charge in [0.2, 0.25) is 0 Å². The molecule has 1 N–H and O–H groups in total. The van der Waals surface area contributed by atoms with Crippen molar-refractivity contribution in [3.8, 4) is 5.75 Å². The second-order valence-electron chi connectivity index (χ2n) is 7.20. The fourth-order valence-electron chi connectivity index (χ4n) is 4.15. The van der Waals surface area contributed by atoms with Gasteiger partial charge in [-0.3, -0.25) is 4.98 Å². The molecule has 0 amide bonds. The molecule has 1 saturated carbocycles. The molecule has 1 aromatic carbocycles. The van der Waals surface area contributed by atoms with Crippen molar-refractivity contribution < 1.29 is 19.4 Å². The first-order chi connectivity index (χ1) is 13.1. The van der Waals surface area contributed by atoms with Crippen LogP contribution in [0.3, 0.4) is 0 Å². The number of aliphatic hydroxyl groups excluding tert-OH is 1. The van der Waals surface area contributed by atoms with Crippen LogP contribution in [0, 0.1) is 11.8 Å². The van der Waals surface area contributed by atoms with Crippen molar-refractivity contribution in [2.24, 2.45) is 11.8 Å². The Hall–Kier alpha value is -2.67. The number of aliphatic hydroxyl groups is 1. The van der Waals surface area contributed by atoms with Gasteiger partial charge in [0.05, 0.1) is 25.0 Å². The van der Waals surface area contributed by atoms with Gasteiger partial charge in [0.15, 0.2) is 0 Å². The summed E-state index contributed by atoms with van der Waals surface area (Å²) in [6.45, 7) is 1.77. The largest absolute Gasteiger partial charge is 0.488 e. The molecule has 0 unspecified atom stereocenters. The summed E-state index contributed by atoms with van der Waals surface area (Å²) in [5.74, 6) is 1.90. The SMILES string of the molecule is COC(=O)c1cccc(O[C@@H]2C[C@@H]3CN(c4cnccn4)C[C@@H]3C[C@H]2O)c1. The van der Waals surface area contributed by atoms with Gasteiger partial charge < -0.3 is 19.5 Å². The molecule has 4 atom stereocenters. The lowest BCUT2D eigenvalue weighted by Gasteiger charge is -2.35. The Kier molecular flexibility index (Phi) is 4.94. The summed E-state index contributed by atoms with van der Waals surface area (Å²) in [6.07, 6.45) is 5.79. The number of carbonyl (C=O) groups is 1. The number of aromatic nitrogens is 2. The normalized spacial score (nSPS) is 27.1. The summed E-state index contributed by atoms with van der Waals surface area (Å²) in [6, 6.07) is 6.89. The van der Waals surface area contributed by atoms with Gasteiger partial charge in [-0.15, -0.1) is 0 Å². The van der Waals surface area contributed by atoms with E-state index in [0.29, 0.717) is 29.6 Å². The number of hydrogen-bond donors (Lipinski definition) is 1. The smallest absolute Gasteiger partial charge is 0.337 e. The lowest BCUT2D eigenvalue weighted by Crippen LogP contribution is -2.42. The van der Waals surface area contributed by atoms with Crippen LogP contribution in [0.25, 0.3) is 0 Å². The maximum atomic E-state index is 11.7. The Morgan fingerprint density at radius 3 is 2.78 bits per heavy atom. The Balaban J connectivity index is 1.43. The van der Waals surface area contributed by atoms with Gasteiger partial charge in [-0.05, 0) is 42.9 Å². The lowest BCUT2D eigenvalue weighted by molar-refractivity contribution is -0.0231. The first-order valence-corrected chi connectivity index (χ1v) is 9.18. The number of hydrogen-bond acceptors (Lipinski definition) is 7. The molecule has 1 saturated heterocycles. The van der Waals surface area contributed by atoms with Crippen LogP contribution in [0.4, 0.5) is 5.82 Å². The van der Waals surface area contributed by atoms with Gasteiger partial charge in [-0.1, -0.05) is 6.07 Å². The zero-order valence-corrected chi connectivity index (χ0v) is 15.2. The van der Waals surface area contributed by atoms with Gasteiger partial charge >= 0.3 is 5.97 Å². The van der Waals surface area contributed by atoms with Crippen LogP contribution in [0.1, 0.15) is 23.2 Å². The fourth-order valence-corrected chi connectivity index (χ4v) is 4.15. The minimum atomic E-state index is -0.533. The van der Waals surface area contributed by atoms with Gasteiger partial charge in [-0.25, -0.2) is 9.78 Å². The molecule has 2 aromatic rings. The van der Waals surface area contributed by atoms with Gasteiger partial charge in [0.1, 0.15) is 17.7 Å². The molecule has 0 bridgehead atoms. The van der Waals surface area contributed by atoms with E-state index in [9.17, 15) is 9.90 Å². The van der Waals surface area contributed by atoms with E-state index in [-0.39, 0.29) is 6.10 Å². The zero-order valence-electron chi connectivity index (χ0n) is 15.2. The quantitative estimate of drug-likeness (QED) is 0.824. The molecule has 0 radical (unpaired) electrons. The molecule has 4 rings (SSSR count). The van der Waals surface area contributed by atoms with E-state index in [1.54, 1.807) is 42.9 Å². The van der Waals surface area contributed by atoms with Crippen molar-refractivity contribution in [2.45, 2.75) is 25.0 Å². The molecule has 27 heavy (non-hydrogen) atoms. The third kappa shape index (κ3) is 3.73. The summed E-state index contributed by atoms with van der Waals surface area (Å²) in [5.41, 5.74) is 0.438. The number of esters is 1. The molecule has 2 heterocycles. The number of ether oxygens (including phenoxy) is 2. The van der Waals surface area contributed by atoms with Crippen LogP contribution in [0.15, 0.2) is 42.9 Å². The predicted octanol–water partition coefficient (Wildman–Crippen LogP) is 1.92. The van der Waals surface area contributed by atoms with E-state index in [1.807, 2.05) is 0 Å². The van der Waals surface area contributed by atoms with Crippen LogP contribution < -0.4 is 9.64 Å². The van der Waals surface area contributed by atoms with E-state index >= 15 is 0 Å². The second kappa shape index (κ2) is 7.52. The number of nitrogens with zero attached hydrogens (tertiary/aromatic N) is 3. The van der Waals surface area contributed by atoms with Crippen molar-refractivity contribution in [1.82, 2.24) is 9.97 Å². The average molecular weight is 369 g/mol. The molecule has 7 heteroatoms. The van der Waals surface area contributed by atoms with Crippen molar-refractivity contribution >= 4 is 11.8 Å². The summed E-state index contributed by atoms with van der Waals surface area (Å²) >= 11 is 0. The first-order valence-electron chi connectivity index (χ1n) is 9.18. The van der Waals surface area contributed by atoms with Crippen LogP contribution >= 0.6 is 0 Å². The number of carbonyl (C=O) groups excluding carboxylic acids is 1. The van der Waals surface area contributed by atoms with E-state index < -0.39 is 12.1 Å². The van der Waals surface area contributed by atoms with E-state index in [0.717, 1.165) is 25.3 Å². The fraction of sp³-hybridized carbons (Fsp3) is 0.450. The summed E-state index contributed by atoms with van der Waals surface area (Å²) in [7, 11) is 1.35. The van der Waals surface area contributed by atoms with Gasteiger partial charge in [0.25, 0.3) is 0 Å². The first kappa shape index (κ1) is 17.7. The molecular formula is C20H23N3O4. The number of methoxy groups -OCH3 is 1. The van der Waals surface area contributed by atoms with E-state index in [1.165, 1.54) is 7.11 Å². The van der Waals surface area contributed by atoms with Crippen LogP contribution in [-0.4, -0.2) is 53.5 Å². The maximum Gasteiger partial charge on any atom is 0.337 e. The number of benzene rings is 1. The molecule has 1 aromatic heterocycles. The second-order valence-corrected chi connectivity index (χ2v) is 7.20. The molecule has 142 valence electrons. The molecule has 0 spiro atoms. The monoisotopic (exact) mass is 369 g/mol. The molecule has 1 aliphatic carbocycles. The highest BCUT2D eigenvalue weighted by atomic mass is 16.5. The third-order valence-corrected chi connectivity index (χ3v) is 5.50. The van der Waals surface area contributed by atoms with Crippen molar-refractivity contribution in [3.05, 3.63) is 48.4 Å². The minimum absolute atomic E-state index is 0.291. The van der Waals surface area contributed by atoms with Crippen LogP contribution in [-0.2, 0) is 4.74 Å². The average Bonchev–Trinajstić information content (AvgIpc) is 3.11. The van der Waals surface area contributed by atoms with Crippen molar-refractivity contribution in [1.29, 1.82) is 0 Å². The number of fused-ring (bicyclic) bond motifs is 1. The summed E-state index contributed by atoms with van der Waals surface area (Å²) in [5, 5.41) is 10.6. The third-order valence-electron chi connectivity index (χ3n) is 5.50. The standard InChI is InChI=1S/C20H23N3O4/c1-26-20(25)13-3-2-4-16(7-13)27-18-9-15-12-23(11-14(15)8-17(18)24)19-10-21-5-6-22-19/h2-7,10,14-15,17-18,24H,8-9,11-12H2,1H3/t14-,15+,17+,18+/m0/s1. The highest BCUT2D eigenvalue weighted by Crippen LogP contribution is 2.39. The molecule has 7 nitrogen and oxygen atoms in total. The Labute approximate surface area is 158 Å². The van der Waals surface area contributed by atoms with Crippen LogP contribution in [0.2, 0.25) is 0 Å². The lowest BCUT2D eigenvalue weighted by atomic mass is 9.78. The zero-order chi connectivity index (χ0) is 18.8. The predicted molar refractivity (Wildman–Crippen MR) is 98.7 cm³/mol. The van der Waals surface area contributed by atoms with Crippen molar-refractivity contribution in [2.75, 3.05) is 25.1 Å².